The monoisotopic (exact) mass is 365 g/mol. The van der Waals surface area contributed by atoms with E-state index in [1.54, 1.807) is 31.2 Å². The molecule has 1 N–H and O–H groups in total. The number of amides is 1. The molecule has 0 bridgehead atoms. The highest BCUT2D eigenvalue weighted by molar-refractivity contribution is 7.98. The highest BCUT2D eigenvalue weighted by atomic mass is 32.2. The van der Waals surface area contributed by atoms with E-state index in [1.807, 2.05) is 23.9 Å². The molecule has 0 aliphatic rings. The zero-order valence-corrected chi connectivity index (χ0v) is 15.0. The topological polar surface area (TPSA) is 38.3 Å². The van der Waals surface area contributed by atoms with Crippen molar-refractivity contribution in [2.24, 2.45) is 0 Å². The molecule has 3 nitrogen and oxygen atoms in total. The van der Waals surface area contributed by atoms with Crippen molar-refractivity contribution in [3.63, 3.8) is 0 Å². The van der Waals surface area contributed by atoms with Crippen LogP contribution < -0.4 is 10.1 Å². The van der Waals surface area contributed by atoms with Crippen molar-refractivity contribution in [3.8, 4) is 5.75 Å². The van der Waals surface area contributed by atoms with Crippen LogP contribution in [-0.2, 0) is 5.75 Å². The average molecular weight is 365 g/mol. The number of hydrogen-bond acceptors (Lipinski definition) is 3. The van der Waals surface area contributed by atoms with E-state index in [4.69, 9.17) is 0 Å². The number of carbonyl (C=O) groups excluding carboxylic acids is 1. The summed E-state index contributed by atoms with van der Waals surface area (Å²) in [5.41, 5.74) is 2.44. The Morgan fingerprint density at radius 3 is 2.56 bits per heavy atom. The van der Waals surface area contributed by atoms with E-state index in [-0.39, 0.29) is 17.7 Å². The number of halogens is 2. The third kappa shape index (κ3) is 6.05. The molecule has 2 aromatic carbocycles. The number of rotatable bonds is 8. The summed E-state index contributed by atoms with van der Waals surface area (Å²) in [7, 11) is 0. The Balaban J connectivity index is 1.99. The van der Waals surface area contributed by atoms with Crippen LogP contribution in [0.2, 0.25) is 0 Å². The second-order valence-electron chi connectivity index (χ2n) is 5.48. The molecule has 0 aliphatic carbocycles. The van der Waals surface area contributed by atoms with Crippen LogP contribution in [0.1, 0.15) is 41.4 Å². The fourth-order valence-corrected chi connectivity index (χ4v) is 2.93. The maximum Gasteiger partial charge on any atom is 0.387 e. The van der Waals surface area contributed by atoms with E-state index in [9.17, 15) is 13.6 Å². The summed E-state index contributed by atoms with van der Waals surface area (Å²) in [5, 5.41) is 2.87. The third-order valence-electron chi connectivity index (χ3n) is 3.62. The number of alkyl halides is 2. The lowest BCUT2D eigenvalue weighted by Gasteiger charge is -2.16. The molecule has 134 valence electrons. The molecule has 6 heteroatoms. The predicted octanol–water partition coefficient (Wildman–Crippen LogP) is 5.03. The average Bonchev–Trinajstić information content (AvgIpc) is 2.60. The van der Waals surface area contributed by atoms with E-state index >= 15 is 0 Å². The van der Waals surface area contributed by atoms with Crippen molar-refractivity contribution < 1.29 is 18.3 Å². The maximum atomic E-state index is 12.3. The Kier molecular flexibility index (Phi) is 7.25. The van der Waals surface area contributed by atoms with Crippen molar-refractivity contribution >= 4 is 17.7 Å². The highest BCUT2D eigenvalue weighted by Crippen LogP contribution is 2.21. The van der Waals surface area contributed by atoms with E-state index in [0.29, 0.717) is 11.1 Å². The van der Waals surface area contributed by atoms with E-state index in [0.717, 1.165) is 11.5 Å². The van der Waals surface area contributed by atoms with Gasteiger partial charge in [0.1, 0.15) is 5.75 Å². The Morgan fingerprint density at radius 1 is 1.20 bits per heavy atom. The van der Waals surface area contributed by atoms with Gasteiger partial charge in [-0.25, -0.2) is 0 Å². The largest absolute Gasteiger partial charge is 0.435 e. The lowest BCUT2D eigenvalue weighted by Crippen LogP contribution is -2.26. The van der Waals surface area contributed by atoms with E-state index in [2.05, 4.69) is 17.0 Å². The number of nitrogens with one attached hydrogen (secondary N) is 1. The van der Waals surface area contributed by atoms with Gasteiger partial charge >= 0.3 is 6.61 Å². The molecule has 0 saturated carbocycles. The standard InChI is InChI=1S/C19H21F2NO2S/c1-3-25-12-14-7-9-15(10-8-14)18(23)22-13(2)16-5-4-6-17(11-16)24-19(20)21/h4-11,13,19H,3,12H2,1-2H3,(H,22,23). The van der Waals surface area contributed by atoms with E-state index < -0.39 is 6.61 Å². The molecule has 1 unspecified atom stereocenters. The smallest absolute Gasteiger partial charge is 0.387 e. The molecule has 0 fully saturated rings. The van der Waals surface area contributed by atoms with Crippen LogP contribution in [0.15, 0.2) is 48.5 Å². The summed E-state index contributed by atoms with van der Waals surface area (Å²) in [6.45, 7) is 1.03. The normalized spacial score (nSPS) is 12.0. The summed E-state index contributed by atoms with van der Waals surface area (Å²) < 4.78 is 29.0. The molecule has 25 heavy (non-hydrogen) atoms. The Labute approximate surface area is 150 Å². The Bertz CT molecular complexity index is 692. The molecule has 1 atom stereocenters. The third-order valence-corrected chi connectivity index (χ3v) is 4.57. The molecule has 0 radical (unpaired) electrons. The number of hydrogen-bond donors (Lipinski definition) is 1. The summed E-state index contributed by atoms with van der Waals surface area (Å²) >= 11 is 1.82. The molecule has 0 heterocycles. The molecule has 2 rings (SSSR count). The number of carbonyl (C=O) groups is 1. The summed E-state index contributed by atoms with van der Waals surface area (Å²) in [5.74, 6) is 1.84. The zero-order valence-electron chi connectivity index (χ0n) is 14.2. The van der Waals surface area contributed by atoms with Crippen LogP contribution in [0.25, 0.3) is 0 Å². The first-order valence-corrected chi connectivity index (χ1v) is 9.17. The van der Waals surface area contributed by atoms with Crippen molar-refractivity contribution in [1.29, 1.82) is 0 Å². The summed E-state index contributed by atoms with van der Waals surface area (Å²) in [6.07, 6.45) is 0. The molecule has 0 saturated heterocycles. The van der Waals surface area contributed by atoms with Gasteiger partial charge in [-0.2, -0.15) is 20.5 Å². The predicted molar refractivity (Wildman–Crippen MR) is 97.2 cm³/mol. The zero-order chi connectivity index (χ0) is 18.2. The van der Waals surface area contributed by atoms with Crippen molar-refractivity contribution in [3.05, 3.63) is 65.2 Å². The van der Waals surface area contributed by atoms with Crippen LogP contribution in [0, 0.1) is 0 Å². The van der Waals surface area contributed by atoms with Crippen molar-refractivity contribution in [1.82, 2.24) is 5.32 Å². The minimum Gasteiger partial charge on any atom is -0.435 e. The van der Waals surface area contributed by atoms with Gasteiger partial charge in [-0.05, 0) is 48.1 Å². The molecule has 0 spiro atoms. The lowest BCUT2D eigenvalue weighted by molar-refractivity contribution is -0.0499. The second kappa shape index (κ2) is 9.42. The van der Waals surface area contributed by atoms with Crippen LogP contribution >= 0.6 is 11.8 Å². The number of benzene rings is 2. The van der Waals surface area contributed by atoms with Crippen LogP contribution in [0.3, 0.4) is 0 Å². The van der Waals surface area contributed by atoms with Gasteiger partial charge in [0, 0.05) is 11.3 Å². The molecular weight excluding hydrogens is 344 g/mol. The molecule has 0 aromatic heterocycles. The fraction of sp³-hybridized carbons (Fsp3) is 0.316. The molecular formula is C19H21F2NO2S. The van der Waals surface area contributed by atoms with Gasteiger partial charge in [-0.15, -0.1) is 0 Å². The first-order valence-electron chi connectivity index (χ1n) is 8.02. The van der Waals surface area contributed by atoms with Crippen LogP contribution in [0.4, 0.5) is 8.78 Å². The van der Waals surface area contributed by atoms with Crippen molar-refractivity contribution in [2.75, 3.05) is 5.75 Å². The van der Waals surface area contributed by atoms with Crippen LogP contribution in [0.5, 0.6) is 5.75 Å². The van der Waals surface area contributed by atoms with Gasteiger partial charge in [0.25, 0.3) is 5.91 Å². The minimum atomic E-state index is -2.87. The first-order chi connectivity index (χ1) is 12.0. The molecule has 0 aliphatic heterocycles. The quantitative estimate of drug-likeness (QED) is 0.713. The van der Waals surface area contributed by atoms with Gasteiger partial charge in [-0.3, -0.25) is 4.79 Å². The number of ether oxygens (including phenoxy) is 1. The maximum absolute atomic E-state index is 12.3. The molecule has 2 aromatic rings. The van der Waals surface area contributed by atoms with E-state index in [1.165, 1.54) is 17.7 Å². The van der Waals surface area contributed by atoms with Crippen molar-refractivity contribution in [2.45, 2.75) is 32.3 Å². The fourth-order valence-electron chi connectivity index (χ4n) is 2.30. The van der Waals surface area contributed by atoms with Gasteiger partial charge in [0.2, 0.25) is 0 Å². The Morgan fingerprint density at radius 2 is 1.92 bits per heavy atom. The first kappa shape index (κ1) is 19.2. The SMILES string of the molecule is CCSCc1ccc(C(=O)NC(C)c2cccc(OC(F)F)c2)cc1. The summed E-state index contributed by atoms with van der Waals surface area (Å²) in [4.78, 5) is 12.3. The second-order valence-corrected chi connectivity index (χ2v) is 6.75. The number of thioether (sulfide) groups is 1. The Hall–Kier alpha value is -2.08. The van der Waals surface area contributed by atoms with Crippen LogP contribution in [-0.4, -0.2) is 18.3 Å². The van der Waals surface area contributed by atoms with Gasteiger partial charge in [0.05, 0.1) is 6.04 Å². The highest BCUT2D eigenvalue weighted by Gasteiger charge is 2.13. The lowest BCUT2D eigenvalue weighted by atomic mass is 10.1. The minimum absolute atomic E-state index is 0.0753. The van der Waals surface area contributed by atoms with Gasteiger partial charge in [-0.1, -0.05) is 31.2 Å². The summed E-state index contributed by atoms with van der Waals surface area (Å²) in [6, 6.07) is 13.5. The van der Waals surface area contributed by atoms with Gasteiger partial charge in [0.15, 0.2) is 0 Å². The van der Waals surface area contributed by atoms with Gasteiger partial charge < -0.3 is 10.1 Å². The molecule has 1 amide bonds.